The minimum atomic E-state index is -0.984. The SMILES string of the molecule is CNc1c(C(N)=O)c(C(=O)Nc2cc(NC(=O)Cc3ccc(Cl)cc3)cnc2F)nn1C(C)C. The number of hydrogen-bond donors (Lipinski definition) is 4. The van der Waals surface area contributed by atoms with Crippen LogP contribution in [-0.4, -0.2) is 39.5 Å². The van der Waals surface area contributed by atoms with E-state index in [2.05, 4.69) is 26.0 Å². The molecule has 3 amide bonds. The molecule has 0 saturated carbocycles. The number of aromatic nitrogens is 3. The summed E-state index contributed by atoms with van der Waals surface area (Å²) in [6.07, 6.45) is 1.17. The molecular weight excluding hydrogens is 465 g/mol. The average Bonchev–Trinajstić information content (AvgIpc) is 3.18. The summed E-state index contributed by atoms with van der Waals surface area (Å²) in [5.74, 6) is -2.84. The van der Waals surface area contributed by atoms with E-state index in [1.165, 1.54) is 10.7 Å². The number of nitrogens with two attached hydrogens (primary N) is 1. The number of benzene rings is 1. The van der Waals surface area contributed by atoms with Crippen LogP contribution in [-0.2, 0) is 11.2 Å². The lowest BCUT2D eigenvalue weighted by Gasteiger charge is -2.10. The minimum absolute atomic E-state index is 0.0532. The third-order valence-electron chi connectivity index (χ3n) is 4.75. The van der Waals surface area contributed by atoms with Gasteiger partial charge in [-0.1, -0.05) is 23.7 Å². The fourth-order valence-corrected chi connectivity index (χ4v) is 3.34. The molecule has 2 aromatic heterocycles. The van der Waals surface area contributed by atoms with Crippen molar-refractivity contribution >= 4 is 46.5 Å². The molecule has 5 N–H and O–H groups in total. The van der Waals surface area contributed by atoms with Crippen molar-refractivity contribution in [3.8, 4) is 0 Å². The Kier molecular flexibility index (Phi) is 7.47. The van der Waals surface area contributed by atoms with Crippen LogP contribution in [0.3, 0.4) is 0 Å². The minimum Gasteiger partial charge on any atom is -0.373 e. The summed E-state index contributed by atoms with van der Waals surface area (Å²) in [5, 5.41) is 12.5. The van der Waals surface area contributed by atoms with Gasteiger partial charge in [0.2, 0.25) is 11.9 Å². The van der Waals surface area contributed by atoms with Gasteiger partial charge in [-0.15, -0.1) is 0 Å². The van der Waals surface area contributed by atoms with Crippen LogP contribution in [0.2, 0.25) is 5.02 Å². The zero-order chi connectivity index (χ0) is 25.0. The summed E-state index contributed by atoms with van der Waals surface area (Å²) >= 11 is 5.84. The van der Waals surface area contributed by atoms with Crippen molar-refractivity contribution in [2.24, 2.45) is 5.73 Å². The van der Waals surface area contributed by atoms with Crippen molar-refractivity contribution in [3.63, 3.8) is 0 Å². The number of nitrogens with one attached hydrogen (secondary N) is 3. The number of primary amides is 1. The molecule has 12 heteroatoms. The maximum absolute atomic E-state index is 14.3. The molecule has 0 spiro atoms. The van der Waals surface area contributed by atoms with Crippen molar-refractivity contribution in [1.29, 1.82) is 0 Å². The molecule has 3 aromatic rings. The van der Waals surface area contributed by atoms with Crippen molar-refractivity contribution in [1.82, 2.24) is 14.8 Å². The van der Waals surface area contributed by atoms with Crippen molar-refractivity contribution < 1.29 is 18.8 Å². The molecule has 0 radical (unpaired) electrons. The lowest BCUT2D eigenvalue weighted by molar-refractivity contribution is -0.115. The van der Waals surface area contributed by atoms with Gasteiger partial charge in [-0.3, -0.25) is 14.4 Å². The van der Waals surface area contributed by atoms with Crippen LogP contribution in [0.1, 0.15) is 46.3 Å². The normalized spacial score (nSPS) is 10.8. The van der Waals surface area contributed by atoms with Crippen LogP contribution in [0.5, 0.6) is 0 Å². The molecule has 3 rings (SSSR count). The third-order valence-corrected chi connectivity index (χ3v) is 5.00. The fraction of sp³-hybridized carbons (Fsp3) is 0.227. The van der Waals surface area contributed by atoms with Gasteiger partial charge in [0, 0.05) is 18.1 Å². The molecule has 0 aliphatic heterocycles. The molecule has 10 nitrogen and oxygen atoms in total. The Balaban J connectivity index is 1.82. The van der Waals surface area contributed by atoms with Crippen LogP contribution in [0.25, 0.3) is 0 Å². The number of hydrogen-bond acceptors (Lipinski definition) is 6. The highest BCUT2D eigenvalue weighted by Crippen LogP contribution is 2.25. The highest BCUT2D eigenvalue weighted by Gasteiger charge is 2.28. The largest absolute Gasteiger partial charge is 0.373 e. The van der Waals surface area contributed by atoms with Crippen LogP contribution in [0.15, 0.2) is 36.5 Å². The van der Waals surface area contributed by atoms with Crippen LogP contribution in [0, 0.1) is 5.95 Å². The highest BCUT2D eigenvalue weighted by molar-refractivity contribution is 6.30. The molecule has 1 aromatic carbocycles. The van der Waals surface area contributed by atoms with E-state index < -0.39 is 17.8 Å². The molecule has 178 valence electrons. The van der Waals surface area contributed by atoms with E-state index in [1.54, 1.807) is 45.2 Å². The van der Waals surface area contributed by atoms with Gasteiger partial charge in [0.15, 0.2) is 5.69 Å². The summed E-state index contributed by atoms with van der Waals surface area (Å²) in [5.41, 5.74) is 5.64. The van der Waals surface area contributed by atoms with Gasteiger partial charge in [-0.05, 0) is 37.6 Å². The molecule has 34 heavy (non-hydrogen) atoms. The molecule has 0 aliphatic rings. The predicted molar refractivity (Wildman–Crippen MR) is 127 cm³/mol. The lowest BCUT2D eigenvalue weighted by Crippen LogP contribution is -2.21. The van der Waals surface area contributed by atoms with Gasteiger partial charge in [-0.25, -0.2) is 9.67 Å². The number of halogens is 2. The molecule has 0 unspecified atom stereocenters. The molecule has 0 fully saturated rings. The Morgan fingerprint density at radius 2 is 1.85 bits per heavy atom. The summed E-state index contributed by atoms with van der Waals surface area (Å²) in [7, 11) is 1.56. The van der Waals surface area contributed by atoms with Crippen LogP contribution < -0.4 is 21.7 Å². The first-order valence-corrected chi connectivity index (χ1v) is 10.6. The Hall–Kier alpha value is -3.99. The fourth-order valence-electron chi connectivity index (χ4n) is 3.22. The first-order chi connectivity index (χ1) is 16.1. The van der Waals surface area contributed by atoms with Crippen LogP contribution >= 0.6 is 11.6 Å². The Morgan fingerprint density at radius 1 is 1.18 bits per heavy atom. The first kappa shape index (κ1) is 24.6. The van der Waals surface area contributed by atoms with Crippen molar-refractivity contribution in [3.05, 3.63) is 64.3 Å². The van der Waals surface area contributed by atoms with Gasteiger partial charge in [0.1, 0.15) is 11.4 Å². The van der Waals surface area contributed by atoms with E-state index in [0.717, 1.165) is 11.8 Å². The quantitative estimate of drug-likeness (QED) is 0.359. The van der Waals surface area contributed by atoms with E-state index in [4.69, 9.17) is 17.3 Å². The summed E-state index contributed by atoms with van der Waals surface area (Å²) in [6, 6.07) is 7.77. The van der Waals surface area contributed by atoms with Gasteiger partial charge in [0.05, 0.1) is 24.0 Å². The number of carbonyl (C=O) groups excluding carboxylic acids is 3. The van der Waals surface area contributed by atoms with Crippen molar-refractivity contribution in [2.75, 3.05) is 23.0 Å². The summed E-state index contributed by atoms with van der Waals surface area (Å²) in [6.45, 7) is 3.61. The second kappa shape index (κ2) is 10.3. The maximum Gasteiger partial charge on any atom is 0.277 e. The van der Waals surface area contributed by atoms with E-state index in [9.17, 15) is 18.8 Å². The Morgan fingerprint density at radius 3 is 2.44 bits per heavy atom. The average molecular weight is 488 g/mol. The van der Waals surface area contributed by atoms with E-state index >= 15 is 0 Å². The number of pyridine rings is 1. The molecular formula is C22H23ClFN7O3. The van der Waals surface area contributed by atoms with E-state index in [0.29, 0.717) is 5.02 Å². The first-order valence-electron chi connectivity index (χ1n) is 10.2. The van der Waals surface area contributed by atoms with Crippen molar-refractivity contribution in [2.45, 2.75) is 26.3 Å². The molecule has 0 saturated heterocycles. The Bertz CT molecular complexity index is 1240. The van der Waals surface area contributed by atoms with Gasteiger partial charge in [-0.2, -0.15) is 9.49 Å². The molecule has 0 atom stereocenters. The molecule has 2 heterocycles. The smallest absolute Gasteiger partial charge is 0.277 e. The standard InChI is InChI=1S/C22H23ClFN7O3/c1-11(2)31-21(26-3)17(20(25)33)18(30-31)22(34)29-15-9-14(10-27-19(15)24)28-16(32)8-12-4-6-13(23)7-5-12/h4-7,9-11,26H,8H2,1-3H3,(H2,25,33)(H,28,32)(H,29,34). The van der Waals surface area contributed by atoms with E-state index in [-0.39, 0.29) is 46.8 Å². The number of amides is 3. The van der Waals surface area contributed by atoms with Gasteiger partial charge >= 0.3 is 0 Å². The number of rotatable bonds is 8. The monoisotopic (exact) mass is 487 g/mol. The summed E-state index contributed by atoms with van der Waals surface area (Å²) < 4.78 is 15.8. The predicted octanol–water partition coefficient (Wildman–Crippen LogP) is 3.23. The number of carbonyl (C=O) groups is 3. The van der Waals surface area contributed by atoms with Gasteiger partial charge in [0.25, 0.3) is 11.8 Å². The Labute approximate surface area is 199 Å². The zero-order valence-electron chi connectivity index (χ0n) is 18.6. The second-order valence-electron chi connectivity index (χ2n) is 7.59. The number of anilines is 3. The van der Waals surface area contributed by atoms with E-state index in [1.807, 2.05) is 0 Å². The summed E-state index contributed by atoms with van der Waals surface area (Å²) in [4.78, 5) is 40.8. The highest BCUT2D eigenvalue weighted by atomic mass is 35.5. The third kappa shape index (κ3) is 5.49. The zero-order valence-corrected chi connectivity index (χ0v) is 19.4. The molecule has 0 bridgehead atoms. The molecule has 0 aliphatic carbocycles. The topological polar surface area (TPSA) is 144 Å². The second-order valence-corrected chi connectivity index (χ2v) is 8.03. The lowest BCUT2D eigenvalue weighted by atomic mass is 10.1. The van der Waals surface area contributed by atoms with Gasteiger partial charge < -0.3 is 21.7 Å². The van der Waals surface area contributed by atoms with Crippen LogP contribution in [0.4, 0.5) is 21.6 Å². The maximum atomic E-state index is 14.3. The number of nitrogens with zero attached hydrogens (tertiary/aromatic N) is 3.